The van der Waals surface area contributed by atoms with Crippen LogP contribution in [-0.4, -0.2) is 88.7 Å². The van der Waals surface area contributed by atoms with Crippen LogP contribution >= 0.6 is 0 Å². The van der Waals surface area contributed by atoms with Crippen LogP contribution in [0.2, 0.25) is 0 Å². The summed E-state index contributed by atoms with van der Waals surface area (Å²) >= 11 is 0. The number of halogens is 1. The normalized spacial score (nSPS) is 9.84. The average Bonchev–Trinajstić information content (AvgIpc) is 1.87. The molecule has 13 rings (SSSR count). The quantitative estimate of drug-likeness (QED) is 0.0361. The molecule has 0 aliphatic carbocycles. The largest absolute Gasteiger partial charge is 1.00 e. The van der Waals surface area contributed by atoms with Crippen molar-refractivity contribution in [2.75, 3.05) is 0 Å². The summed E-state index contributed by atoms with van der Waals surface area (Å²) in [6.45, 7) is 70.5. The molecule has 0 unspecified atom stereocenters. The van der Waals surface area contributed by atoms with Gasteiger partial charge >= 0.3 is 0 Å². The third-order valence-corrected chi connectivity index (χ3v) is 24.3. The van der Waals surface area contributed by atoms with Gasteiger partial charge in [0.15, 0.2) is 0 Å². The molecular formula is C104H195B4FN26O12. The first-order chi connectivity index (χ1) is 69.2. The van der Waals surface area contributed by atoms with Gasteiger partial charge in [-0.05, 0) is 90.0 Å². The summed E-state index contributed by atoms with van der Waals surface area (Å²) in [7, 11) is 15.5. The average molecular weight is 2060 g/mol. The van der Waals surface area contributed by atoms with E-state index >= 15 is 0 Å². The highest BCUT2D eigenvalue weighted by Gasteiger charge is 2.19. The second-order valence-electron chi connectivity index (χ2n) is 33.2. The van der Waals surface area contributed by atoms with Crippen molar-refractivity contribution in [3.8, 4) is 0 Å². The van der Waals surface area contributed by atoms with E-state index in [4.69, 9.17) is 60.3 Å². The van der Waals surface area contributed by atoms with Crippen LogP contribution in [0.3, 0.4) is 0 Å². The minimum absolute atomic E-state index is 0. The van der Waals surface area contributed by atoms with Gasteiger partial charge in [-0.2, -0.15) is 0 Å². The van der Waals surface area contributed by atoms with Crippen molar-refractivity contribution in [1.82, 2.24) is 59.4 Å². The molecule has 43 heteroatoms. The first-order valence-electron chi connectivity index (χ1n) is 52.6. The minimum atomic E-state index is -2.92. The van der Waals surface area contributed by atoms with E-state index in [1.54, 1.807) is 0 Å². The number of aryl methyl sites for hydroxylation is 26. The van der Waals surface area contributed by atoms with E-state index < -0.39 is 29.3 Å². The van der Waals surface area contributed by atoms with Crippen LogP contribution in [0.15, 0.2) is 161 Å². The zero-order chi connectivity index (χ0) is 113. The molecule has 0 atom stereocenters. The van der Waals surface area contributed by atoms with E-state index in [9.17, 15) is 0 Å². The van der Waals surface area contributed by atoms with E-state index in [1.807, 2.05) is 0 Å². The first kappa shape index (κ1) is 145. The summed E-state index contributed by atoms with van der Waals surface area (Å²) in [5.41, 5.74) is 0. The van der Waals surface area contributed by atoms with Crippen LogP contribution in [-0.2, 0) is 260 Å². The fourth-order valence-corrected chi connectivity index (χ4v) is 16.8. The second-order valence-corrected chi connectivity index (χ2v) is 33.2. The summed E-state index contributed by atoms with van der Waals surface area (Å²) in [6.07, 6.45) is 69.3. The summed E-state index contributed by atoms with van der Waals surface area (Å²) in [5, 5.41) is 101. The predicted molar refractivity (Wildman–Crippen MR) is 552 cm³/mol. The Morgan fingerprint density at radius 2 is 0.184 bits per heavy atom. The molecule has 0 radical (unpaired) electrons. The predicted octanol–water partition coefficient (Wildman–Crippen LogP) is -7.15. The highest BCUT2D eigenvalue weighted by molar-refractivity contribution is 6.24. The topological polar surface area (TPSA) is 391 Å². The minimum Gasteiger partial charge on any atom is -1.00 e. The molecule has 0 amide bonds. The zero-order valence-electron chi connectivity index (χ0n) is 98.1. The number of rotatable bonds is 26. The highest BCUT2D eigenvalue weighted by atomic mass is 19.0. The van der Waals surface area contributed by atoms with E-state index in [-0.39, 0.29) is 4.70 Å². The van der Waals surface area contributed by atoms with Gasteiger partial charge in [0.2, 0.25) is 0 Å². The number of hydrogen-bond acceptors (Lipinski definition) is 12. The van der Waals surface area contributed by atoms with E-state index in [1.165, 1.54) is 75.7 Å². The SMILES string of the molecule is CCc1n(CC)cc[n+]1C.CCc1n(CC)cc[n+]1C.CCc1n(CC)cc[n+]1C.CCc1n(CC)cc[n+]1C.CCc1n(CC)cc[n+]1C.CCc1n(CC)cc[n+]1C.CCc1n(CC)cc[n+]1C.CCc1n(CC)cc[n+]1C.CCc1n(CC)cc[n+]1C.CCc1n(CC)cc[n+]1C.CCc1n(CC)cc[n+]1C.CCc1n(CC)cc[n+]1C.CCc1n(CC)cc[n+]1C.[F-].[O-]B([O-])[O-].[O-]B([O-])[O-].[O-]B([O-])[O-].[O-]B([O-])[O-]. The molecule has 13 heterocycles. The van der Waals surface area contributed by atoms with Crippen molar-refractivity contribution in [2.45, 2.75) is 349 Å². The Balaban J connectivity index is -0.000000489. The third-order valence-electron chi connectivity index (χ3n) is 24.3. The van der Waals surface area contributed by atoms with Gasteiger partial charge in [0.05, 0.1) is 177 Å². The van der Waals surface area contributed by atoms with Gasteiger partial charge in [-0.25, -0.2) is 119 Å². The lowest BCUT2D eigenvalue weighted by molar-refractivity contribution is -0.678. The lowest BCUT2D eigenvalue weighted by atomic mass is 10.3. The fourth-order valence-electron chi connectivity index (χ4n) is 16.8. The van der Waals surface area contributed by atoms with E-state index in [0.717, 1.165) is 169 Å². The third kappa shape index (κ3) is 54.5. The van der Waals surface area contributed by atoms with Crippen LogP contribution in [0.5, 0.6) is 0 Å². The van der Waals surface area contributed by atoms with Gasteiger partial charge in [0.25, 0.3) is 75.7 Å². The first-order valence-corrected chi connectivity index (χ1v) is 52.6. The van der Waals surface area contributed by atoms with Crippen LogP contribution < -0.4 is 124 Å². The van der Waals surface area contributed by atoms with Crippen molar-refractivity contribution in [3.63, 3.8) is 0 Å². The van der Waals surface area contributed by atoms with Gasteiger partial charge in [-0.15, -0.1) is 0 Å². The summed E-state index contributed by atoms with van der Waals surface area (Å²) in [4.78, 5) is 0. The lowest BCUT2D eigenvalue weighted by Crippen LogP contribution is -3.00. The maximum atomic E-state index is 8.42. The van der Waals surface area contributed by atoms with E-state index in [2.05, 4.69) is 551 Å². The van der Waals surface area contributed by atoms with Gasteiger partial charge in [0.1, 0.15) is 161 Å². The Kier molecular flexibility index (Phi) is 83.0. The number of hydrogen-bond donors (Lipinski definition) is 0. The summed E-state index contributed by atoms with van der Waals surface area (Å²) < 4.78 is 57.6. The molecule has 0 aromatic carbocycles. The Morgan fingerprint density at radius 1 is 0.136 bits per heavy atom. The Morgan fingerprint density at radius 3 is 0.211 bits per heavy atom. The van der Waals surface area contributed by atoms with Crippen molar-refractivity contribution in [3.05, 3.63) is 237 Å². The molecule has 0 N–H and O–H groups in total. The van der Waals surface area contributed by atoms with Gasteiger partial charge < -0.3 is 65.0 Å². The molecule has 147 heavy (non-hydrogen) atoms. The summed E-state index contributed by atoms with van der Waals surface area (Å²) in [6, 6.07) is 0. The van der Waals surface area contributed by atoms with Crippen molar-refractivity contribution < 1.29 is 124 Å². The Bertz CT molecular complexity index is 4220. The molecule has 38 nitrogen and oxygen atoms in total. The summed E-state index contributed by atoms with van der Waals surface area (Å²) in [5.74, 6) is 18.1. The highest BCUT2D eigenvalue weighted by Crippen LogP contribution is 2.04. The molecule has 832 valence electrons. The maximum Gasteiger partial charge on any atom is 0.255 e. The van der Waals surface area contributed by atoms with Crippen molar-refractivity contribution in [2.24, 2.45) is 91.6 Å². The number of imidazole rings is 13. The molecule has 0 saturated carbocycles. The number of nitrogens with zero attached hydrogens (tertiary/aromatic N) is 26. The van der Waals surface area contributed by atoms with Gasteiger partial charge in [-0.3, -0.25) is 29.3 Å². The molecular weight excluding hydrogens is 1870 g/mol. The lowest BCUT2D eigenvalue weighted by Gasteiger charge is -2.35. The van der Waals surface area contributed by atoms with Crippen LogP contribution in [0.4, 0.5) is 0 Å². The van der Waals surface area contributed by atoms with Crippen LogP contribution in [0, 0.1) is 0 Å². The zero-order valence-corrected chi connectivity index (χ0v) is 98.1. The molecule has 0 fully saturated rings. The standard InChI is InChI=1S/13C8H15N2.4BO3.FH/c13*1-4-8-9(3)6-7-10(8)5-2;4*2-1(3)4;/h13*6-7H,4-5H2,1-3H3;;;;;1H/q13*+1;4*-3;/p-1. The second kappa shape index (κ2) is 84.3. The van der Waals surface area contributed by atoms with Crippen molar-refractivity contribution in [1.29, 1.82) is 0 Å². The molecule has 0 aliphatic rings. The molecule has 0 saturated heterocycles. The molecule has 0 spiro atoms. The molecule has 13 aromatic rings. The molecule has 13 aromatic heterocycles. The van der Waals surface area contributed by atoms with Crippen LogP contribution in [0.1, 0.15) is 256 Å². The number of aromatic nitrogens is 26. The Labute approximate surface area is 885 Å². The molecule has 0 aliphatic heterocycles. The Hall–Kier alpha value is -10.6. The fraction of sp³-hybridized carbons (Fsp3) is 0.625. The smallest absolute Gasteiger partial charge is 0.255 e. The van der Waals surface area contributed by atoms with Crippen LogP contribution in [0.25, 0.3) is 0 Å². The van der Waals surface area contributed by atoms with Gasteiger partial charge in [-0.1, -0.05) is 90.0 Å². The monoisotopic (exact) mass is 2060 g/mol. The maximum absolute atomic E-state index is 8.42. The van der Waals surface area contributed by atoms with Crippen molar-refractivity contribution >= 4 is 29.3 Å². The van der Waals surface area contributed by atoms with E-state index in [0.29, 0.717) is 0 Å². The molecule has 0 bridgehead atoms. The van der Waals surface area contributed by atoms with Gasteiger partial charge in [0, 0.05) is 83.5 Å².